The van der Waals surface area contributed by atoms with Crippen molar-refractivity contribution in [2.24, 2.45) is 5.73 Å². The van der Waals surface area contributed by atoms with Gasteiger partial charge in [0.25, 0.3) is 0 Å². The van der Waals surface area contributed by atoms with Gasteiger partial charge in [0.05, 0.1) is 12.0 Å². The van der Waals surface area contributed by atoms with Gasteiger partial charge in [-0.2, -0.15) is 0 Å². The van der Waals surface area contributed by atoms with Crippen LogP contribution in [0.5, 0.6) is 17.2 Å². The number of nitro groups is 1. The van der Waals surface area contributed by atoms with Gasteiger partial charge in [-0.3, -0.25) is 10.1 Å². The SMILES string of the molecule is COc1ccc([N+](=O)[O-])c(Oc2ccc(CN)c(Cl)c2)c1. The number of nitro benzene ring substituents is 1. The molecule has 110 valence electrons. The highest BCUT2D eigenvalue weighted by Crippen LogP contribution is 2.35. The molecule has 0 radical (unpaired) electrons. The summed E-state index contributed by atoms with van der Waals surface area (Å²) in [6, 6.07) is 9.19. The summed E-state index contributed by atoms with van der Waals surface area (Å²) < 4.78 is 10.6. The number of hydrogen-bond donors (Lipinski definition) is 1. The van der Waals surface area contributed by atoms with Gasteiger partial charge in [-0.1, -0.05) is 17.7 Å². The molecule has 6 nitrogen and oxygen atoms in total. The predicted octanol–water partition coefficient (Wildman–Crippen LogP) is 3.51. The second-order valence-corrected chi connectivity index (χ2v) is 4.56. The van der Waals surface area contributed by atoms with Crippen LogP contribution >= 0.6 is 11.6 Å². The third-order valence-corrected chi connectivity index (χ3v) is 3.19. The molecule has 0 atom stereocenters. The van der Waals surface area contributed by atoms with Crippen LogP contribution in [0, 0.1) is 10.1 Å². The van der Waals surface area contributed by atoms with Crippen molar-refractivity contribution in [3.8, 4) is 17.2 Å². The van der Waals surface area contributed by atoms with Crippen molar-refractivity contribution in [3.63, 3.8) is 0 Å². The normalized spacial score (nSPS) is 10.2. The van der Waals surface area contributed by atoms with E-state index in [1.165, 1.54) is 25.3 Å². The number of nitrogens with zero attached hydrogens (tertiary/aromatic N) is 1. The lowest BCUT2D eigenvalue weighted by Crippen LogP contribution is -1.98. The Kier molecular flexibility index (Phi) is 4.62. The van der Waals surface area contributed by atoms with E-state index in [0.717, 1.165) is 5.56 Å². The zero-order valence-corrected chi connectivity index (χ0v) is 12.0. The monoisotopic (exact) mass is 308 g/mol. The summed E-state index contributed by atoms with van der Waals surface area (Å²) in [5, 5.41) is 11.5. The summed E-state index contributed by atoms with van der Waals surface area (Å²) in [5.41, 5.74) is 6.13. The maximum Gasteiger partial charge on any atom is 0.311 e. The Balaban J connectivity index is 2.37. The Labute approximate surface area is 126 Å². The number of hydrogen-bond acceptors (Lipinski definition) is 5. The van der Waals surface area contributed by atoms with Crippen LogP contribution in [0.1, 0.15) is 5.56 Å². The van der Waals surface area contributed by atoms with E-state index in [0.29, 0.717) is 23.1 Å². The smallest absolute Gasteiger partial charge is 0.311 e. The van der Waals surface area contributed by atoms with Gasteiger partial charge >= 0.3 is 5.69 Å². The van der Waals surface area contributed by atoms with Gasteiger partial charge in [0, 0.05) is 23.7 Å². The second kappa shape index (κ2) is 6.43. The number of rotatable bonds is 5. The van der Waals surface area contributed by atoms with Crippen molar-refractivity contribution in [2.75, 3.05) is 7.11 Å². The lowest BCUT2D eigenvalue weighted by molar-refractivity contribution is -0.385. The number of benzene rings is 2. The molecule has 2 aromatic rings. The van der Waals surface area contributed by atoms with Gasteiger partial charge in [0.1, 0.15) is 11.5 Å². The highest BCUT2D eigenvalue weighted by atomic mass is 35.5. The molecule has 0 aliphatic rings. The van der Waals surface area contributed by atoms with Crippen molar-refractivity contribution in [1.82, 2.24) is 0 Å². The first-order valence-corrected chi connectivity index (χ1v) is 6.41. The van der Waals surface area contributed by atoms with Crippen molar-refractivity contribution >= 4 is 17.3 Å². The molecule has 0 spiro atoms. The lowest BCUT2D eigenvalue weighted by Gasteiger charge is -2.09. The molecule has 0 saturated heterocycles. The summed E-state index contributed by atoms with van der Waals surface area (Å²) in [5.74, 6) is 0.921. The molecule has 2 N–H and O–H groups in total. The lowest BCUT2D eigenvalue weighted by atomic mass is 10.2. The molecular formula is C14H13ClN2O4. The molecule has 0 amide bonds. The molecule has 0 fully saturated rings. The van der Waals surface area contributed by atoms with Gasteiger partial charge in [-0.15, -0.1) is 0 Å². The number of methoxy groups -OCH3 is 1. The van der Waals surface area contributed by atoms with Gasteiger partial charge in [-0.05, 0) is 23.8 Å². The van der Waals surface area contributed by atoms with E-state index < -0.39 is 4.92 Å². The molecule has 21 heavy (non-hydrogen) atoms. The molecule has 7 heteroatoms. The van der Waals surface area contributed by atoms with E-state index in [1.807, 2.05) is 0 Å². The molecular weight excluding hydrogens is 296 g/mol. The minimum absolute atomic E-state index is 0.0796. The Morgan fingerprint density at radius 3 is 2.52 bits per heavy atom. The highest BCUT2D eigenvalue weighted by molar-refractivity contribution is 6.31. The maximum atomic E-state index is 11.0. The highest BCUT2D eigenvalue weighted by Gasteiger charge is 2.17. The van der Waals surface area contributed by atoms with Gasteiger partial charge < -0.3 is 15.2 Å². The maximum absolute atomic E-state index is 11.0. The van der Waals surface area contributed by atoms with Crippen LogP contribution in [0.3, 0.4) is 0 Å². The van der Waals surface area contributed by atoms with Crippen LogP contribution in [0.15, 0.2) is 36.4 Å². The molecule has 0 bridgehead atoms. The van der Waals surface area contributed by atoms with Gasteiger partial charge in [-0.25, -0.2) is 0 Å². The fourth-order valence-electron chi connectivity index (χ4n) is 1.74. The summed E-state index contributed by atoms with van der Waals surface area (Å²) in [7, 11) is 1.47. The molecule has 0 aliphatic carbocycles. The third kappa shape index (κ3) is 3.42. The minimum Gasteiger partial charge on any atom is -0.497 e. The second-order valence-electron chi connectivity index (χ2n) is 4.15. The molecule has 0 aromatic heterocycles. The van der Waals surface area contributed by atoms with Crippen LogP contribution in [-0.4, -0.2) is 12.0 Å². The van der Waals surface area contributed by atoms with E-state index in [4.69, 9.17) is 26.8 Å². The van der Waals surface area contributed by atoms with Gasteiger partial charge in [0.15, 0.2) is 0 Å². The van der Waals surface area contributed by atoms with Crippen molar-refractivity contribution < 1.29 is 14.4 Å². The average molecular weight is 309 g/mol. The number of ether oxygens (including phenoxy) is 2. The third-order valence-electron chi connectivity index (χ3n) is 2.84. The fourth-order valence-corrected chi connectivity index (χ4v) is 1.99. The van der Waals surface area contributed by atoms with Crippen LogP contribution in [-0.2, 0) is 6.54 Å². The standard InChI is InChI=1S/C14H13ClN2O4/c1-20-10-4-5-13(17(18)19)14(7-10)21-11-3-2-9(8-16)12(15)6-11/h2-7H,8,16H2,1H3. The van der Waals surface area contributed by atoms with Crippen molar-refractivity contribution in [2.45, 2.75) is 6.54 Å². The first kappa shape index (κ1) is 15.1. The Morgan fingerprint density at radius 1 is 1.24 bits per heavy atom. The summed E-state index contributed by atoms with van der Waals surface area (Å²) in [4.78, 5) is 10.5. The minimum atomic E-state index is -0.523. The van der Waals surface area contributed by atoms with E-state index in [1.54, 1.807) is 18.2 Å². The quantitative estimate of drug-likeness (QED) is 0.674. The Hall–Kier alpha value is -2.31. The molecule has 0 saturated carbocycles. The molecule has 0 unspecified atom stereocenters. The summed E-state index contributed by atoms with van der Waals surface area (Å²) >= 11 is 6.04. The summed E-state index contributed by atoms with van der Waals surface area (Å²) in [6.07, 6.45) is 0. The van der Waals surface area contributed by atoms with E-state index >= 15 is 0 Å². The topological polar surface area (TPSA) is 87.6 Å². The number of halogens is 1. The molecule has 2 rings (SSSR count). The van der Waals surface area contributed by atoms with Crippen molar-refractivity contribution in [3.05, 3.63) is 57.1 Å². The van der Waals surface area contributed by atoms with Crippen LogP contribution in [0.2, 0.25) is 5.02 Å². The van der Waals surface area contributed by atoms with E-state index in [-0.39, 0.29) is 11.4 Å². The van der Waals surface area contributed by atoms with Crippen LogP contribution in [0.25, 0.3) is 0 Å². The molecule has 0 aliphatic heterocycles. The van der Waals surface area contributed by atoms with Crippen LogP contribution < -0.4 is 15.2 Å². The Morgan fingerprint density at radius 2 is 1.95 bits per heavy atom. The predicted molar refractivity (Wildman–Crippen MR) is 79.1 cm³/mol. The summed E-state index contributed by atoms with van der Waals surface area (Å²) in [6.45, 7) is 0.304. The largest absolute Gasteiger partial charge is 0.497 e. The van der Waals surface area contributed by atoms with Crippen LogP contribution in [0.4, 0.5) is 5.69 Å². The number of nitrogens with two attached hydrogens (primary N) is 1. The van der Waals surface area contributed by atoms with Gasteiger partial charge in [0.2, 0.25) is 5.75 Å². The van der Waals surface area contributed by atoms with E-state index in [9.17, 15) is 10.1 Å². The fraction of sp³-hybridized carbons (Fsp3) is 0.143. The molecule has 2 aromatic carbocycles. The van der Waals surface area contributed by atoms with E-state index in [2.05, 4.69) is 0 Å². The zero-order chi connectivity index (χ0) is 15.4. The first-order chi connectivity index (χ1) is 10.0. The first-order valence-electron chi connectivity index (χ1n) is 6.04. The molecule has 0 heterocycles. The zero-order valence-electron chi connectivity index (χ0n) is 11.2. The Bertz CT molecular complexity index is 676. The average Bonchev–Trinajstić information content (AvgIpc) is 2.47. The van der Waals surface area contributed by atoms with Crippen molar-refractivity contribution in [1.29, 1.82) is 0 Å².